The second-order valence-corrected chi connectivity index (χ2v) is 7.17. The molecule has 6 nitrogen and oxygen atoms in total. The summed E-state index contributed by atoms with van der Waals surface area (Å²) in [5, 5.41) is 2.95. The number of nitrogens with zero attached hydrogens (tertiary/aromatic N) is 3. The van der Waals surface area contributed by atoms with Gasteiger partial charge in [-0.3, -0.25) is 9.20 Å². The fourth-order valence-electron chi connectivity index (χ4n) is 3.57. The summed E-state index contributed by atoms with van der Waals surface area (Å²) in [6.45, 7) is 1.95. The Morgan fingerprint density at radius 3 is 2.65 bits per heavy atom. The van der Waals surface area contributed by atoms with Gasteiger partial charge in [-0.05, 0) is 36.8 Å². The average Bonchev–Trinajstić information content (AvgIpc) is 3.37. The number of carbonyl (C=O) groups is 1. The first-order valence-electron chi connectivity index (χ1n) is 9.63. The van der Waals surface area contributed by atoms with Crippen molar-refractivity contribution >= 4 is 28.4 Å². The Morgan fingerprint density at radius 2 is 1.87 bits per heavy atom. The highest BCUT2D eigenvalue weighted by atomic mass is 19.3. The van der Waals surface area contributed by atoms with Crippen LogP contribution in [0.5, 0.6) is 0 Å². The third-order valence-electron chi connectivity index (χ3n) is 5.09. The maximum atomic E-state index is 13.1. The van der Waals surface area contributed by atoms with Gasteiger partial charge in [-0.1, -0.05) is 36.4 Å². The van der Waals surface area contributed by atoms with E-state index in [1.165, 1.54) is 6.07 Å². The van der Waals surface area contributed by atoms with E-state index in [-0.39, 0.29) is 5.91 Å². The second kappa shape index (κ2) is 7.32. The molecule has 0 radical (unpaired) electrons. The molecule has 31 heavy (non-hydrogen) atoms. The first-order valence-corrected chi connectivity index (χ1v) is 9.63. The molecule has 0 atom stereocenters. The summed E-state index contributed by atoms with van der Waals surface area (Å²) in [4.78, 5) is 24.2. The highest BCUT2D eigenvalue weighted by molar-refractivity contribution is 6.07. The van der Waals surface area contributed by atoms with Crippen LogP contribution in [0, 0.1) is 6.92 Å². The van der Waals surface area contributed by atoms with Crippen LogP contribution >= 0.6 is 0 Å². The summed E-state index contributed by atoms with van der Waals surface area (Å²) < 4.78 is 27.7. The number of alkyl halides is 2. The Balaban J connectivity index is 1.58. The van der Waals surface area contributed by atoms with Crippen LogP contribution in [0.15, 0.2) is 66.9 Å². The molecule has 5 aromatic rings. The molecule has 0 bridgehead atoms. The maximum Gasteiger partial charge on any atom is 0.295 e. The van der Waals surface area contributed by atoms with Crippen molar-refractivity contribution in [2.45, 2.75) is 13.3 Å². The van der Waals surface area contributed by atoms with Gasteiger partial charge in [0.05, 0.1) is 11.0 Å². The Hall–Kier alpha value is -4.07. The first-order chi connectivity index (χ1) is 15.0. The lowest BCUT2D eigenvalue weighted by Gasteiger charge is -2.08. The molecule has 0 aliphatic heterocycles. The van der Waals surface area contributed by atoms with Gasteiger partial charge in [0.2, 0.25) is 0 Å². The minimum absolute atomic E-state index is 0.318. The lowest BCUT2D eigenvalue weighted by Crippen LogP contribution is -2.14. The second-order valence-electron chi connectivity index (χ2n) is 7.17. The molecule has 0 unspecified atom stereocenters. The number of hydrogen-bond donors (Lipinski definition) is 2. The molecule has 0 aliphatic carbocycles. The molecule has 154 valence electrons. The van der Waals surface area contributed by atoms with E-state index in [0.29, 0.717) is 28.1 Å². The summed E-state index contributed by atoms with van der Waals surface area (Å²) in [7, 11) is 0. The molecule has 2 N–H and O–H groups in total. The summed E-state index contributed by atoms with van der Waals surface area (Å²) in [6.07, 6.45) is -0.871. The number of pyridine rings is 1. The summed E-state index contributed by atoms with van der Waals surface area (Å²) in [5.41, 5.74) is 4.29. The van der Waals surface area contributed by atoms with Crippen molar-refractivity contribution in [2.24, 2.45) is 0 Å². The monoisotopic (exact) mass is 417 g/mol. The van der Waals surface area contributed by atoms with Crippen LogP contribution in [0.4, 0.5) is 14.6 Å². The van der Waals surface area contributed by atoms with Crippen molar-refractivity contribution in [2.75, 3.05) is 5.32 Å². The zero-order valence-electron chi connectivity index (χ0n) is 16.4. The number of benzene rings is 2. The van der Waals surface area contributed by atoms with Gasteiger partial charge in [-0.15, -0.1) is 0 Å². The minimum Gasteiger partial charge on any atom is -0.337 e. The zero-order valence-corrected chi connectivity index (χ0v) is 16.4. The van der Waals surface area contributed by atoms with Crippen LogP contribution in [0.1, 0.15) is 28.2 Å². The van der Waals surface area contributed by atoms with E-state index in [9.17, 15) is 13.6 Å². The molecule has 0 saturated carbocycles. The number of H-pyrrole nitrogens is 1. The SMILES string of the molecule is Cc1cccn2c(NC(=O)c3ccc4nc(C(F)F)[nH]c4c3)c(-c3ccccc3)nc12. The van der Waals surface area contributed by atoms with Crippen LogP contribution < -0.4 is 5.32 Å². The summed E-state index contributed by atoms with van der Waals surface area (Å²) in [6, 6.07) is 18.0. The number of nitrogens with one attached hydrogen (secondary N) is 2. The van der Waals surface area contributed by atoms with Gasteiger partial charge >= 0.3 is 0 Å². The third kappa shape index (κ3) is 3.31. The largest absolute Gasteiger partial charge is 0.337 e. The molecule has 8 heteroatoms. The molecule has 2 aromatic carbocycles. The predicted molar refractivity (Wildman–Crippen MR) is 114 cm³/mol. The molecular weight excluding hydrogens is 400 g/mol. The fraction of sp³-hybridized carbons (Fsp3) is 0.0870. The Morgan fingerprint density at radius 1 is 1.06 bits per heavy atom. The van der Waals surface area contributed by atoms with E-state index in [0.717, 1.165) is 16.8 Å². The van der Waals surface area contributed by atoms with Crippen molar-refractivity contribution in [1.29, 1.82) is 0 Å². The fourth-order valence-corrected chi connectivity index (χ4v) is 3.57. The van der Waals surface area contributed by atoms with Gasteiger partial charge in [0.1, 0.15) is 17.2 Å². The number of imidazole rings is 2. The quantitative estimate of drug-likeness (QED) is 0.412. The first kappa shape index (κ1) is 18.9. The lowest BCUT2D eigenvalue weighted by atomic mass is 10.1. The van der Waals surface area contributed by atoms with Gasteiger partial charge in [0.15, 0.2) is 5.82 Å². The number of aryl methyl sites for hydroxylation is 1. The molecule has 3 heterocycles. The van der Waals surface area contributed by atoms with Crippen molar-refractivity contribution in [3.05, 3.63) is 83.8 Å². The van der Waals surface area contributed by atoms with Gasteiger partial charge in [0.25, 0.3) is 12.3 Å². The van der Waals surface area contributed by atoms with Gasteiger partial charge in [-0.25, -0.2) is 18.7 Å². The number of rotatable bonds is 4. The van der Waals surface area contributed by atoms with E-state index in [4.69, 9.17) is 4.98 Å². The van der Waals surface area contributed by atoms with Crippen LogP contribution in [-0.4, -0.2) is 25.3 Å². The number of aromatic amines is 1. The lowest BCUT2D eigenvalue weighted by molar-refractivity contribution is 0.102. The molecular formula is C23H17F2N5O. The topological polar surface area (TPSA) is 75.1 Å². The maximum absolute atomic E-state index is 13.1. The Labute approximate surface area is 175 Å². The summed E-state index contributed by atoms with van der Waals surface area (Å²) in [5.74, 6) is -0.264. The number of fused-ring (bicyclic) bond motifs is 2. The third-order valence-corrected chi connectivity index (χ3v) is 5.09. The van der Waals surface area contributed by atoms with Crippen LogP contribution in [0.2, 0.25) is 0 Å². The van der Waals surface area contributed by atoms with E-state index < -0.39 is 12.2 Å². The highest BCUT2D eigenvalue weighted by Gasteiger charge is 2.19. The van der Waals surface area contributed by atoms with Gasteiger partial charge < -0.3 is 10.3 Å². The average molecular weight is 417 g/mol. The predicted octanol–water partition coefficient (Wildman–Crippen LogP) is 5.38. The number of aromatic nitrogens is 4. The molecule has 0 aliphatic rings. The highest BCUT2D eigenvalue weighted by Crippen LogP contribution is 2.30. The number of anilines is 1. The van der Waals surface area contributed by atoms with E-state index in [1.807, 2.05) is 60.0 Å². The van der Waals surface area contributed by atoms with Crippen molar-refractivity contribution in [3.63, 3.8) is 0 Å². The van der Waals surface area contributed by atoms with Crippen LogP contribution in [0.3, 0.4) is 0 Å². The normalized spacial score (nSPS) is 11.5. The Kier molecular flexibility index (Phi) is 4.47. The number of halogens is 2. The van der Waals surface area contributed by atoms with E-state index in [1.54, 1.807) is 12.1 Å². The van der Waals surface area contributed by atoms with Crippen molar-refractivity contribution < 1.29 is 13.6 Å². The standard InChI is InChI=1S/C23H17F2N5O/c1-13-6-5-11-30-21(13)28-18(14-7-3-2-4-8-14)22(30)29-23(31)15-9-10-16-17(12-15)27-20(26-16)19(24)25/h2-12,19H,1H3,(H,26,27)(H,29,31). The molecule has 1 amide bonds. The zero-order chi connectivity index (χ0) is 21.5. The van der Waals surface area contributed by atoms with Gasteiger partial charge in [-0.2, -0.15) is 0 Å². The molecule has 0 fully saturated rings. The number of hydrogen-bond acceptors (Lipinski definition) is 3. The molecule has 0 spiro atoms. The summed E-state index contributed by atoms with van der Waals surface area (Å²) >= 11 is 0. The smallest absolute Gasteiger partial charge is 0.295 e. The Bertz CT molecular complexity index is 1420. The van der Waals surface area contributed by atoms with E-state index in [2.05, 4.69) is 15.3 Å². The molecule has 3 aromatic heterocycles. The van der Waals surface area contributed by atoms with Crippen molar-refractivity contribution in [1.82, 2.24) is 19.4 Å². The van der Waals surface area contributed by atoms with Gasteiger partial charge in [0, 0.05) is 17.3 Å². The van der Waals surface area contributed by atoms with Crippen LogP contribution in [0.25, 0.3) is 27.9 Å². The molecule has 0 saturated heterocycles. The molecule has 5 rings (SSSR count). The minimum atomic E-state index is -2.71. The number of amides is 1. The van der Waals surface area contributed by atoms with Crippen LogP contribution in [-0.2, 0) is 0 Å². The van der Waals surface area contributed by atoms with E-state index >= 15 is 0 Å². The van der Waals surface area contributed by atoms with Crippen molar-refractivity contribution in [3.8, 4) is 11.3 Å². The number of carbonyl (C=O) groups excluding carboxylic acids is 1.